The van der Waals surface area contributed by atoms with Crippen molar-refractivity contribution in [3.8, 4) is 22.9 Å². The zero-order valence-corrected chi connectivity index (χ0v) is 25.8. The Balaban J connectivity index is 0.00000288. The van der Waals surface area contributed by atoms with E-state index in [1.165, 1.54) is 0 Å². The van der Waals surface area contributed by atoms with Crippen LogP contribution in [0.15, 0.2) is 84.9 Å². The third-order valence-corrected chi connectivity index (χ3v) is 8.04. The van der Waals surface area contributed by atoms with Crippen molar-refractivity contribution in [3.05, 3.63) is 120 Å². The summed E-state index contributed by atoms with van der Waals surface area (Å²) in [4.78, 5) is 9.82. The first-order valence-corrected chi connectivity index (χ1v) is 13.6. The summed E-state index contributed by atoms with van der Waals surface area (Å²) in [6.07, 6.45) is 0. The molecule has 4 heterocycles. The van der Waals surface area contributed by atoms with E-state index in [2.05, 4.69) is 75.1 Å². The summed E-state index contributed by atoms with van der Waals surface area (Å²) in [6, 6.07) is 35.4. The van der Waals surface area contributed by atoms with Gasteiger partial charge in [-0.1, -0.05) is 35.6 Å². The van der Waals surface area contributed by atoms with E-state index < -0.39 is 0 Å². The van der Waals surface area contributed by atoms with Gasteiger partial charge in [-0.25, -0.2) is 9.97 Å². The molecule has 7 nitrogen and oxygen atoms in total. The Bertz CT molecular complexity index is 2300. The number of aromatic nitrogens is 6. The Labute approximate surface area is 256 Å². The minimum atomic E-state index is 0. The van der Waals surface area contributed by atoms with Crippen molar-refractivity contribution in [2.24, 2.45) is 0 Å². The molecular weight excluding hydrogens is 703 g/mol. The molecule has 8 heteroatoms. The van der Waals surface area contributed by atoms with Crippen LogP contribution in [-0.2, 0) is 21.1 Å². The Kier molecular flexibility index (Phi) is 6.10. The topological polar surface area (TPSA) is 53.7 Å². The molecule has 0 bridgehead atoms. The van der Waals surface area contributed by atoms with Crippen LogP contribution in [0.2, 0.25) is 0 Å². The molecule has 208 valence electrons. The largest absolute Gasteiger partial charge is 2.00 e. The second kappa shape index (κ2) is 9.74. The summed E-state index contributed by atoms with van der Waals surface area (Å²) in [7, 11) is 0. The molecule has 4 aromatic carbocycles. The monoisotopic (exact) mass is 729 g/mol. The molecular formula is C34H26N6OPt. The average molecular weight is 730 g/mol. The van der Waals surface area contributed by atoms with Crippen molar-refractivity contribution in [3.63, 3.8) is 0 Å². The molecule has 8 rings (SSSR count). The first-order chi connectivity index (χ1) is 20.0. The van der Waals surface area contributed by atoms with Crippen molar-refractivity contribution >= 4 is 33.6 Å². The molecule has 0 radical (unpaired) electrons. The zero-order valence-electron chi connectivity index (χ0n) is 23.5. The summed E-state index contributed by atoms with van der Waals surface area (Å²) in [5.41, 5.74) is 10.3. The van der Waals surface area contributed by atoms with Gasteiger partial charge in [-0.05, 0) is 52.0 Å². The maximum absolute atomic E-state index is 6.36. The standard InChI is InChI=1S/C34H26N6O.Pt/c1-21-22(2)37-23(3)24(4)38(33(37)35-21)25-11-9-13-27(19-25)41-28-14-10-12-26(20-28)39-31-17-7-8-18-32(31)40-30-16-6-5-15-29(30)36-34(39)40;/h5-18H,1-4H3;/q-2;+2. The Morgan fingerprint density at radius 3 is 1.86 bits per heavy atom. The van der Waals surface area contributed by atoms with Gasteiger partial charge in [0.05, 0.1) is 27.8 Å². The van der Waals surface area contributed by atoms with Gasteiger partial charge in [-0.3, -0.25) is 8.80 Å². The minimum absolute atomic E-state index is 0. The van der Waals surface area contributed by atoms with E-state index in [4.69, 9.17) is 14.7 Å². The van der Waals surface area contributed by atoms with Gasteiger partial charge >= 0.3 is 21.1 Å². The predicted molar refractivity (Wildman–Crippen MR) is 161 cm³/mol. The van der Waals surface area contributed by atoms with Crippen LogP contribution in [0.25, 0.3) is 45.0 Å². The summed E-state index contributed by atoms with van der Waals surface area (Å²) in [5.74, 6) is 2.92. The van der Waals surface area contributed by atoms with Crippen molar-refractivity contribution < 1.29 is 25.8 Å². The number of ether oxygens (including phenoxy) is 1. The first kappa shape index (κ1) is 26.3. The molecule has 42 heavy (non-hydrogen) atoms. The summed E-state index contributed by atoms with van der Waals surface area (Å²) in [6.45, 7) is 8.38. The molecule has 0 N–H and O–H groups in total. The van der Waals surface area contributed by atoms with E-state index >= 15 is 0 Å². The number of aryl methyl sites for hydroxylation is 3. The van der Waals surface area contributed by atoms with Crippen molar-refractivity contribution in [1.29, 1.82) is 0 Å². The molecule has 0 unspecified atom stereocenters. The number of para-hydroxylation sites is 4. The van der Waals surface area contributed by atoms with Gasteiger partial charge in [0.1, 0.15) is 0 Å². The van der Waals surface area contributed by atoms with E-state index in [0.29, 0.717) is 11.5 Å². The fourth-order valence-corrected chi connectivity index (χ4v) is 5.87. The van der Waals surface area contributed by atoms with Gasteiger partial charge in [0.15, 0.2) is 0 Å². The van der Waals surface area contributed by atoms with Crippen LogP contribution in [0.1, 0.15) is 22.8 Å². The molecule has 0 saturated heterocycles. The number of rotatable bonds is 4. The van der Waals surface area contributed by atoms with Crippen LogP contribution in [-0.4, -0.2) is 27.9 Å². The van der Waals surface area contributed by atoms with Gasteiger partial charge in [-0.2, -0.15) is 12.1 Å². The van der Waals surface area contributed by atoms with Gasteiger partial charge in [0.25, 0.3) is 0 Å². The zero-order chi connectivity index (χ0) is 27.8. The number of nitrogens with zero attached hydrogens (tertiary/aromatic N) is 6. The molecule has 0 aliphatic rings. The molecule has 0 fully saturated rings. The van der Waals surface area contributed by atoms with Gasteiger partial charge < -0.3 is 13.9 Å². The van der Waals surface area contributed by atoms with Crippen molar-refractivity contribution in [2.45, 2.75) is 27.7 Å². The van der Waals surface area contributed by atoms with Gasteiger partial charge in [0, 0.05) is 28.6 Å². The molecule has 0 atom stereocenters. The van der Waals surface area contributed by atoms with E-state index in [-0.39, 0.29) is 21.1 Å². The van der Waals surface area contributed by atoms with Crippen LogP contribution >= 0.6 is 0 Å². The minimum Gasteiger partial charge on any atom is -0.509 e. The third kappa shape index (κ3) is 3.77. The van der Waals surface area contributed by atoms with Crippen LogP contribution in [0.4, 0.5) is 0 Å². The van der Waals surface area contributed by atoms with E-state index in [1.54, 1.807) is 0 Å². The third-order valence-electron chi connectivity index (χ3n) is 8.04. The van der Waals surface area contributed by atoms with E-state index in [1.807, 2.05) is 67.6 Å². The number of benzene rings is 4. The molecule has 0 saturated carbocycles. The molecule has 0 spiro atoms. The van der Waals surface area contributed by atoms with Crippen molar-refractivity contribution in [2.75, 3.05) is 0 Å². The summed E-state index contributed by atoms with van der Waals surface area (Å²) < 4.78 is 15.0. The molecule has 4 aromatic heterocycles. The number of fused-ring (bicyclic) bond motifs is 6. The van der Waals surface area contributed by atoms with Crippen molar-refractivity contribution in [1.82, 2.24) is 27.9 Å². The average Bonchev–Trinajstić information content (AvgIpc) is 3.67. The van der Waals surface area contributed by atoms with Crippen LogP contribution in [0.5, 0.6) is 11.5 Å². The Morgan fingerprint density at radius 1 is 0.548 bits per heavy atom. The Hall–Kier alpha value is -4.61. The fourth-order valence-electron chi connectivity index (χ4n) is 5.87. The smallest absolute Gasteiger partial charge is 0.509 e. The maximum atomic E-state index is 6.36. The fraction of sp³-hybridized carbons (Fsp3) is 0.118. The predicted octanol–water partition coefficient (Wildman–Crippen LogP) is 7.49. The SMILES string of the molecule is Cc1nc2n(-c3[c-]c(Oc4[c-]c(-n5c6ccccc6n6c7ccccc7nc56)ccc4)ccc3)c(C)c(C)n2c1C.[Pt+2]. The summed E-state index contributed by atoms with van der Waals surface area (Å²) in [5, 5.41) is 0. The van der Waals surface area contributed by atoms with Gasteiger partial charge in [-0.15, -0.1) is 36.4 Å². The van der Waals surface area contributed by atoms with Crippen LogP contribution in [0, 0.1) is 39.8 Å². The molecule has 8 aromatic rings. The molecule has 0 amide bonds. The quantitative estimate of drug-likeness (QED) is 0.177. The number of hydrogen-bond acceptors (Lipinski definition) is 3. The second-order valence-corrected chi connectivity index (χ2v) is 10.4. The molecule has 0 aliphatic carbocycles. The number of hydrogen-bond donors (Lipinski definition) is 0. The van der Waals surface area contributed by atoms with E-state index in [9.17, 15) is 0 Å². The number of imidazole rings is 4. The van der Waals surface area contributed by atoms with E-state index in [0.717, 1.165) is 67.8 Å². The second-order valence-electron chi connectivity index (χ2n) is 10.4. The normalized spacial score (nSPS) is 11.6. The summed E-state index contributed by atoms with van der Waals surface area (Å²) >= 11 is 0. The maximum Gasteiger partial charge on any atom is 2.00 e. The van der Waals surface area contributed by atoms with Crippen LogP contribution in [0.3, 0.4) is 0 Å². The van der Waals surface area contributed by atoms with Crippen LogP contribution < -0.4 is 4.74 Å². The van der Waals surface area contributed by atoms with Gasteiger partial charge in [0.2, 0.25) is 11.6 Å². The molecule has 0 aliphatic heterocycles. The Morgan fingerprint density at radius 2 is 1.14 bits per heavy atom. The first-order valence-electron chi connectivity index (χ1n) is 13.6.